The van der Waals surface area contributed by atoms with Crippen LogP contribution in [0.3, 0.4) is 0 Å². The van der Waals surface area contributed by atoms with Crippen molar-refractivity contribution in [3.05, 3.63) is 89.7 Å². The third-order valence-electron chi connectivity index (χ3n) is 5.47. The van der Waals surface area contributed by atoms with Gasteiger partial charge in [-0.25, -0.2) is 0 Å². The Bertz CT molecular complexity index is 987. The van der Waals surface area contributed by atoms with Crippen LogP contribution in [-0.4, -0.2) is 41.7 Å². The second-order valence-corrected chi connectivity index (χ2v) is 7.79. The van der Waals surface area contributed by atoms with Crippen LogP contribution in [-0.2, 0) is 11.3 Å². The molecule has 0 bridgehead atoms. The zero-order chi connectivity index (χ0) is 22.1. The third kappa shape index (κ3) is 6.33. The lowest BCUT2D eigenvalue weighted by molar-refractivity contribution is -0.125. The topological polar surface area (TPSA) is 62.3 Å². The van der Waals surface area contributed by atoms with Crippen LogP contribution in [0.4, 0.5) is 0 Å². The molecule has 4 rings (SSSR count). The number of nitrogens with zero attached hydrogens (tertiary/aromatic N) is 2. The molecule has 2 heterocycles. The molecular formula is C26H29N3O2. The zero-order valence-corrected chi connectivity index (χ0v) is 18.1. The predicted octanol–water partition coefficient (Wildman–Crippen LogP) is 4.27. The predicted molar refractivity (Wildman–Crippen MR) is 124 cm³/mol. The molecule has 1 saturated heterocycles. The molecule has 1 fully saturated rings. The van der Waals surface area contributed by atoms with Crippen molar-refractivity contribution in [3.63, 3.8) is 0 Å². The van der Waals surface area contributed by atoms with Crippen LogP contribution in [0.2, 0.25) is 0 Å². The first-order valence-corrected chi connectivity index (χ1v) is 10.6. The maximum atomic E-state index is 11.9. The molecule has 1 amide bonds. The number of carbonyl (C=O) groups is 2. The fraction of sp³-hybridized carbons (Fsp3) is 0.269. The Morgan fingerprint density at radius 1 is 1.13 bits per heavy atom. The number of hydrogen-bond donors (Lipinski definition) is 1. The summed E-state index contributed by atoms with van der Waals surface area (Å²) in [5.74, 6) is 0.158. The molecule has 2 aromatic carbocycles. The van der Waals surface area contributed by atoms with Gasteiger partial charge >= 0.3 is 0 Å². The number of rotatable bonds is 5. The summed E-state index contributed by atoms with van der Waals surface area (Å²) in [5, 5.41) is 3.01. The van der Waals surface area contributed by atoms with Crippen LogP contribution in [0.25, 0.3) is 11.1 Å². The zero-order valence-electron chi connectivity index (χ0n) is 18.1. The Hall–Kier alpha value is -3.31. The highest BCUT2D eigenvalue weighted by atomic mass is 16.2. The monoisotopic (exact) mass is 415 g/mol. The molecule has 31 heavy (non-hydrogen) atoms. The highest BCUT2D eigenvalue weighted by molar-refractivity contribution is 5.87. The molecule has 1 atom stereocenters. The summed E-state index contributed by atoms with van der Waals surface area (Å²) in [6, 6.07) is 19.6. The minimum Gasteiger partial charge on any atom is -0.351 e. The number of nitrogens with one attached hydrogen (secondary N) is 1. The number of benzene rings is 2. The van der Waals surface area contributed by atoms with Crippen molar-refractivity contribution in [2.24, 2.45) is 0 Å². The minimum absolute atomic E-state index is 0.0699. The lowest BCUT2D eigenvalue weighted by atomic mass is 10.0. The van der Waals surface area contributed by atoms with Crippen molar-refractivity contribution >= 4 is 12.2 Å². The molecule has 5 heteroatoms. The van der Waals surface area contributed by atoms with E-state index < -0.39 is 0 Å². The van der Waals surface area contributed by atoms with Gasteiger partial charge < -0.3 is 5.32 Å². The van der Waals surface area contributed by atoms with Gasteiger partial charge in [0.05, 0.1) is 6.04 Å². The fourth-order valence-corrected chi connectivity index (χ4v) is 3.64. The third-order valence-corrected chi connectivity index (χ3v) is 5.47. The second-order valence-electron chi connectivity index (χ2n) is 7.79. The smallest absolute Gasteiger partial charge is 0.237 e. The summed E-state index contributed by atoms with van der Waals surface area (Å²) in [4.78, 5) is 28.9. The lowest BCUT2D eigenvalue weighted by Crippen LogP contribution is -2.41. The van der Waals surface area contributed by atoms with Gasteiger partial charge in [0.1, 0.15) is 0 Å². The van der Waals surface area contributed by atoms with E-state index in [0.29, 0.717) is 12.1 Å². The number of aromatic nitrogens is 1. The summed E-state index contributed by atoms with van der Waals surface area (Å²) in [6.45, 7) is 3.72. The van der Waals surface area contributed by atoms with E-state index in [1.54, 1.807) is 18.5 Å². The van der Waals surface area contributed by atoms with E-state index in [0.717, 1.165) is 42.4 Å². The maximum Gasteiger partial charge on any atom is 0.237 e. The van der Waals surface area contributed by atoms with Crippen molar-refractivity contribution in [2.45, 2.75) is 32.4 Å². The van der Waals surface area contributed by atoms with Gasteiger partial charge in [0.2, 0.25) is 5.91 Å². The van der Waals surface area contributed by atoms with Crippen molar-refractivity contribution in [3.8, 4) is 11.1 Å². The van der Waals surface area contributed by atoms with Crippen molar-refractivity contribution in [2.75, 3.05) is 13.6 Å². The van der Waals surface area contributed by atoms with Gasteiger partial charge in [0.15, 0.2) is 6.29 Å². The van der Waals surface area contributed by atoms with E-state index in [9.17, 15) is 9.59 Å². The number of likely N-dealkylation sites (N-methyl/N-ethyl adjacent to an activating group) is 1. The molecule has 3 aromatic rings. The Morgan fingerprint density at radius 2 is 1.90 bits per heavy atom. The molecule has 1 unspecified atom stereocenters. The SMILES string of the molecule is Cc1ccc(CNC(=O)C2CCCN2C)cc1.O=Cc1ccccc1-c1cccnc1. The number of carbonyl (C=O) groups excluding carboxylic acids is 2. The molecule has 0 spiro atoms. The van der Waals surface area contributed by atoms with Crippen molar-refractivity contribution < 1.29 is 9.59 Å². The van der Waals surface area contributed by atoms with Crippen molar-refractivity contribution in [1.29, 1.82) is 0 Å². The Labute approximate surface area is 184 Å². The summed E-state index contributed by atoms with van der Waals surface area (Å²) in [5.41, 5.74) is 4.99. The van der Waals surface area contributed by atoms with Gasteiger partial charge in [0.25, 0.3) is 0 Å². The molecule has 5 nitrogen and oxygen atoms in total. The van der Waals surface area contributed by atoms with E-state index in [1.807, 2.05) is 37.4 Å². The lowest BCUT2D eigenvalue weighted by Gasteiger charge is -2.18. The first kappa shape index (κ1) is 22.4. The molecule has 1 N–H and O–H groups in total. The van der Waals surface area contributed by atoms with Crippen LogP contribution in [0.5, 0.6) is 0 Å². The largest absolute Gasteiger partial charge is 0.351 e. The van der Waals surface area contributed by atoms with E-state index >= 15 is 0 Å². The van der Waals surface area contributed by atoms with Gasteiger partial charge in [-0.1, -0.05) is 60.2 Å². The molecule has 1 aliphatic rings. The van der Waals surface area contributed by atoms with Gasteiger partial charge in [0, 0.05) is 30.1 Å². The normalized spacial score (nSPS) is 15.6. The number of aldehydes is 1. The van der Waals surface area contributed by atoms with E-state index in [1.165, 1.54) is 5.56 Å². The van der Waals surface area contributed by atoms with Crippen LogP contribution in [0, 0.1) is 6.92 Å². The number of likely N-dealkylation sites (tertiary alicyclic amines) is 1. The molecule has 0 radical (unpaired) electrons. The molecule has 0 aliphatic carbocycles. The van der Waals surface area contributed by atoms with E-state index in [-0.39, 0.29) is 11.9 Å². The second kappa shape index (κ2) is 11.2. The number of aryl methyl sites for hydroxylation is 1. The van der Waals surface area contributed by atoms with Gasteiger partial charge in [-0.3, -0.25) is 19.5 Å². The van der Waals surface area contributed by atoms with Crippen LogP contribution < -0.4 is 5.32 Å². The summed E-state index contributed by atoms with van der Waals surface area (Å²) in [7, 11) is 2.02. The van der Waals surface area contributed by atoms with E-state index in [2.05, 4.69) is 46.4 Å². The average molecular weight is 416 g/mol. The molecule has 1 aromatic heterocycles. The maximum absolute atomic E-state index is 11.9. The highest BCUT2D eigenvalue weighted by Gasteiger charge is 2.27. The molecule has 1 aliphatic heterocycles. The molecule has 0 saturated carbocycles. The average Bonchev–Trinajstić information content (AvgIpc) is 3.25. The van der Waals surface area contributed by atoms with E-state index in [4.69, 9.17) is 0 Å². The summed E-state index contributed by atoms with van der Waals surface area (Å²) in [6.07, 6.45) is 6.44. The molecular weight excluding hydrogens is 386 g/mol. The quantitative estimate of drug-likeness (QED) is 0.632. The number of hydrogen-bond acceptors (Lipinski definition) is 4. The number of pyridine rings is 1. The van der Waals surface area contributed by atoms with Crippen LogP contribution >= 0.6 is 0 Å². The van der Waals surface area contributed by atoms with Crippen LogP contribution in [0.1, 0.15) is 34.3 Å². The Kier molecular flexibility index (Phi) is 8.07. The van der Waals surface area contributed by atoms with Gasteiger partial charge in [-0.15, -0.1) is 0 Å². The standard InChI is InChI=1S/C14H20N2O.C12H9NO/c1-11-5-7-12(8-6-11)10-15-14(17)13-4-3-9-16(13)2;14-9-11-4-1-2-6-12(11)10-5-3-7-13-8-10/h5-8,13H,3-4,9-10H2,1-2H3,(H,15,17);1-9H. The first-order valence-electron chi connectivity index (χ1n) is 10.6. The summed E-state index contributed by atoms with van der Waals surface area (Å²) >= 11 is 0. The summed E-state index contributed by atoms with van der Waals surface area (Å²) < 4.78 is 0. The Morgan fingerprint density at radius 3 is 2.55 bits per heavy atom. The number of amides is 1. The minimum atomic E-state index is 0.0699. The van der Waals surface area contributed by atoms with Crippen molar-refractivity contribution in [1.82, 2.24) is 15.2 Å². The fourth-order valence-electron chi connectivity index (χ4n) is 3.64. The highest BCUT2D eigenvalue weighted by Crippen LogP contribution is 2.20. The Balaban J connectivity index is 0.000000179. The van der Waals surface area contributed by atoms with Gasteiger partial charge in [-0.2, -0.15) is 0 Å². The van der Waals surface area contributed by atoms with Crippen LogP contribution in [0.15, 0.2) is 73.1 Å². The molecule has 160 valence electrons. The van der Waals surface area contributed by atoms with Gasteiger partial charge in [-0.05, 0) is 50.6 Å². The first-order chi connectivity index (χ1) is 15.1.